The summed E-state index contributed by atoms with van der Waals surface area (Å²) in [5, 5.41) is 11.6. The molecule has 0 spiro atoms. The van der Waals surface area contributed by atoms with Crippen molar-refractivity contribution in [3.05, 3.63) is 64.6 Å². The van der Waals surface area contributed by atoms with Gasteiger partial charge in [0.05, 0.1) is 12.5 Å². The van der Waals surface area contributed by atoms with Gasteiger partial charge in [-0.1, -0.05) is 24.3 Å². The van der Waals surface area contributed by atoms with Gasteiger partial charge in [0, 0.05) is 23.5 Å². The van der Waals surface area contributed by atoms with Crippen molar-refractivity contribution in [1.82, 2.24) is 20.2 Å². The number of esters is 1. The summed E-state index contributed by atoms with van der Waals surface area (Å²) in [6.45, 7) is 2.09. The minimum atomic E-state index is -0.368. The summed E-state index contributed by atoms with van der Waals surface area (Å²) in [6, 6.07) is 8.86. The van der Waals surface area contributed by atoms with Crippen LogP contribution in [0.15, 0.2) is 34.9 Å². The molecule has 2 aliphatic rings. The molecule has 0 amide bonds. The van der Waals surface area contributed by atoms with Crippen molar-refractivity contribution in [3.63, 3.8) is 0 Å². The predicted molar refractivity (Wildman–Crippen MR) is 108 cm³/mol. The number of aromatic nitrogens is 4. The molecule has 30 heavy (non-hydrogen) atoms. The average Bonchev–Trinajstić information content (AvgIpc) is 3.45. The van der Waals surface area contributed by atoms with Crippen LogP contribution in [0.4, 0.5) is 5.95 Å². The highest BCUT2D eigenvalue weighted by Crippen LogP contribution is 2.36. The minimum Gasteiger partial charge on any atom is -0.466 e. The second kappa shape index (κ2) is 7.85. The summed E-state index contributed by atoms with van der Waals surface area (Å²) < 4.78 is 10.7. The zero-order valence-electron chi connectivity index (χ0n) is 16.8. The summed E-state index contributed by atoms with van der Waals surface area (Å²) in [5.41, 5.74) is 4.82. The van der Waals surface area contributed by atoms with E-state index < -0.39 is 0 Å². The molecule has 0 radical (unpaired) electrons. The molecule has 0 saturated carbocycles. The highest BCUT2D eigenvalue weighted by Gasteiger charge is 2.31. The Morgan fingerprint density at radius 2 is 2.03 bits per heavy atom. The fourth-order valence-electron chi connectivity index (χ4n) is 4.34. The molecular weight excluding hydrogens is 382 g/mol. The van der Waals surface area contributed by atoms with Gasteiger partial charge >= 0.3 is 5.97 Å². The summed E-state index contributed by atoms with van der Waals surface area (Å²) >= 11 is 0. The van der Waals surface area contributed by atoms with E-state index in [2.05, 4.69) is 44.8 Å². The van der Waals surface area contributed by atoms with Gasteiger partial charge in [0.15, 0.2) is 0 Å². The lowest BCUT2D eigenvalue weighted by molar-refractivity contribution is -0.142. The summed E-state index contributed by atoms with van der Waals surface area (Å²) in [6.07, 6.45) is 5.50. The van der Waals surface area contributed by atoms with Crippen molar-refractivity contribution in [1.29, 1.82) is 0 Å². The first-order valence-corrected chi connectivity index (χ1v) is 10.4. The largest absolute Gasteiger partial charge is 0.466 e. The number of hydrogen-bond acceptors (Lipinski definition) is 8. The molecular formula is C22H23N5O3. The Balaban J connectivity index is 1.27. The van der Waals surface area contributed by atoms with E-state index in [4.69, 9.17) is 14.1 Å². The number of ether oxygens (including phenoxy) is 1. The van der Waals surface area contributed by atoms with Crippen LogP contribution in [0.5, 0.6) is 0 Å². The Bertz CT molecular complexity index is 1060. The number of hydrogen-bond donors (Lipinski definition) is 1. The molecule has 0 fully saturated rings. The van der Waals surface area contributed by atoms with E-state index in [1.807, 2.05) is 6.20 Å². The molecule has 1 aromatic carbocycles. The lowest BCUT2D eigenvalue weighted by Gasteiger charge is -2.13. The predicted octanol–water partition coefficient (Wildman–Crippen LogP) is 2.62. The Morgan fingerprint density at radius 1 is 1.23 bits per heavy atom. The Kier molecular flexibility index (Phi) is 4.90. The van der Waals surface area contributed by atoms with Crippen LogP contribution in [0.1, 0.15) is 53.4 Å². The third-order valence-electron chi connectivity index (χ3n) is 5.71. The molecule has 0 bridgehead atoms. The standard InChI is InChI=1S/C22H23N5O3/c1-2-29-20(28)11-19-26-27-21(30-19)16-7-8-18-17(16)12-23-22(25-18)24-15-9-13-5-3-4-6-14(13)10-15/h3-6,12,15-16H,2,7-11H2,1H3,(H,23,24,25). The van der Waals surface area contributed by atoms with Gasteiger partial charge in [-0.15, -0.1) is 10.2 Å². The molecule has 154 valence electrons. The number of fused-ring (bicyclic) bond motifs is 2. The molecule has 0 saturated heterocycles. The maximum Gasteiger partial charge on any atom is 0.315 e. The number of anilines is 1. The molecule has 8 heteroatoms. The molecule has 1 atom stereocenters. The van der Waals surface area contributed by atoms with Crippen molar-refractivity contribution in [2.75, 3.05) is 11.9 Å². The van der Waals surface area contributed by atoms with Crippen molar-refractivity contribution in [2.24, 2.45) is 0 Å². The Morgan fingerprint density at radius 3 is 2.80 bits per heavy atom. The average molecular weight is 405 g/mol. The van der Waals surface area contributed by atoms with Crippen molar-refractivity contribution >= 4 is 11.9 Å². The number of benzene rings is 1. The van der Waals surface area contributed by atoms with Gasteiger partial charge < -0.3 is 14.5 Å². The van der Waals surface area contributed by atoms with Crippen molar-refractivity contribution < 1.29 is 13.9 Å². The van der Waals surface area contributed by atoms with Crippen LogP contribution in [0, 0.1) is 0 Å². The second-order valence-corrected chi connectivity index (χ2v) is 7.72. The SMILES string of the molecule is CCOC(=O)Cc1nnc(C2CCc3nc(NC4Cc5ccccc5C4)ncc32)o1. The van der Waals surface area contributed by atoms with Crippen molar-refractivity contribution in [3.8, 4) is 0 Å². The number of carbonyl (C=O) groups excluding carboxylic acids is 1. The van der Waals surface area contributed by atoms with Gasteiger partial charge in [0.2, 0.25) is 17.7 Å². The Hall–Kier alpha value is -3.29. The number of nitrogens with one attached hydrogen (secondary N) is 1. The normalized spacial score (nSPS) is 17.6. The van der Waals surface area contributed by atoms with E-state index >= 15 is 0 Å². The second-order valence-electron chi connectivity index (χ2n) is 7.72. The quantitative estimate of drug-likeness (QED) is 0.624. The van der Waals surface area contributed by atoms with Crippen LogP contribution in [0.2, 0.25) is 0 Å². The summed E-state index contributed by atoms with van der Waals surface area (Å²) in [4.78, 5) is 20.9. The van der Waals surface area contributed by atoms with E-state index in [0.29, 0.717) is 24.5 Å². The van der Waals surface area contributed by atoms with E-state index in [0.717, 1.165) is 36.9 Å². The number of nitrogens with zero attached hydrogens (tertiary/aromatic N) is 4. The lowest BCUT2D eigenvalue weighted by Crippen LogP contribution is -2.21. The fraction of sp³-hybridized carbons (Fsp3) is 0.409. The van der Waals surface area contributed by atoms with Crippen LogP contribution in [0.25, 0.3) is 0 Å². The Labute approximate surface area is 174 Å². The molecule has 2 aromatic heterocycles. The van der Waals surface area contributed by atoms with Crippen LogP contribution in [0.3, 0.4) is 0 Å². The third-order valence-corrected chi connectivity index (χ3v) is 5.71. The van der Waals surface area contributed by atoms with E-state index in [1.54, 1.807) is 6.92 Å². The fourth-order valence-corrected chi connectivity index (χ4v) is 4.34. The molecule has 5 rings (SSSR count). The highest BCUT2D eigenvalue weighted by molar-refractivity contribution is 5.71. The highest BCUT2D eigenvalue weighted by atomic mass is 16.5. The van der Waals surface area contributed by atoms with Crippen LogP contribution >= 0.6 is 0 Å². The van der Waals surface area contributed by atoms with Gasteiger partial charge in [0.1, 0.15) is 6.42 Å². The zero-order valence-corrected chi connectivity index (χ0v) is 16.8. The van der Waals surface area contributed by atoms with Gasteiger partial charge in [-0.25, -0.2) is 9.97 Å². The lowest BCUT2D eigenvalue weighted by atomic mass is 10.0. The topological polar surface area (TPSA) is 103 Å². The molecule has 1 unspecified atom stereocenters. The first kappa shape index (κ1) is 18.7. The monoisotopic (exact) mass is 405 g/mol. The minimum absolute atomic E-state index is 0.0104. The van der Waals surface area contributed by atoms with Crippen LogP contribution in [-0.2, 0) is 35.2 Å². The molecule has 1 N–H and O–H groups in total. The maximum absolute atomic E-state index is 11.6. The van der Waals surface area contributed by atoms with E-state index in [9.17, 15) is 4.79 Å². The van der Waals surface area contributed by atoms with Crippen LogP contribution < -0.4 is 5.32 Å². The molecule has 2 aliphatic carbocycles. The number of carbonyl (C=O) groups is 1. The van der Waals surface area contributed by atoms with Crippen LogP contribution in [-0.4, -0.2) is 38.8 Å². The molecule has 3 aromatic rings. The smallest absolute Gasteiger partial charge is 0.315 e. The van der Waals surface area contributed by atoms with Gasteiger partial charge in [0.25, 0.3) is 0 Å². The zero-order chi connectivity index (χ0) is 20.5. The molecule has 2 heterocycles. The van der Waals surface area contributed by atoms with E-state index in [1.165, 1.54) is 11.1 Å². The van der Waals surface area contributed by atoms with Gasteiger partial charge in [-0.2, -0.15) is 0 Å². The summed E-state index contributed by atoms with van der Waals surface area (Å²) in [7, 11) is 0. The number of aryl methyl sites for hydroxylation is 1. The first-order chi connectivity index (χ1) is 14.7. The maximum atomic E-state index is 11.6. The third kappa shape index (κ3) is 3.65. The van der Waals surface area contributed by atoms with Crippen molar-refractivity contribution in [2.45, 2.75) is 51.0 Å². The first-order valence-electron chi connectivity index (χ1n) is 10.4. The number of rotatable bonds is 6. The van der Waals surface area contributed by atoms with E-state index in [-0.39, 0.29) is 24.2 Å². The molecule has 8 nitrogen and oxygen atoms in total. The molecule has 0 aliphatic heterocycles. The van der Waals surface area contributed by atoms with Gasteiger partial charge in [-0.05, 0) is 43.7 Å². The van der Waals surface area contributed by atoms with Gasteiger partial charge in [-0.3, -0.25) is 4.79 Å². The summed E-state index contributed by atoms with van der Waals surface area (Å²) in [5.74, 6) is 1.04.